The van der Waals surface area contributed by atoms with E-state index in [0.717, 1.165) is 89.9 Å². The topological polar surface area (TPSA) is 80.3 Å². The smallest absolute Gasteiger partial charge is 0.416 e. The number of thiol groups is 1. The third-order valence-corrected chi connectivity index (χ3v) is 10.9. The number of hydrogen-bond donors (Lipinski definition) is 2. The molecule has 6 rings (SSSR count). The third-order valence-electron chi connectivity index (χ3n) is 10.6. The fourth-order valence-electron chi connectivity index (χ4n) is 7.10. The normalized spacial score (nSPS) is 14.0. The van der Waals surface area contributed by atoms with Crippen molar-refractivity contribution in [3.05, 3.63) is 149 Å². The predicted molar refractivity (Wildman–Crippen MR) is 228 cm³/mol. The van der Waals surface area contributed by atoms with Crippen molar-refractivity contribution in [3.8, 4) is 11.5 Å². The van der Waals surface area contributed by atoms with Crippen molar-refractivity contribution >= 4 is 36.4 Å². The van der Waals surface area contributed by atoms with Crippen LogP contribution in [0.4, 0.5) is 24.5 Å². The van der Waals surface area contributed by atoms with E-state index in [1.165, 1.54) is 5.56 Å². The van der Waals surface area contributed by atoms with Gasteiger partial charge in [-0.1, -0.05) is 43.3 Å². The van der Waals surface area contributed by atoms with Gasteiger partial charge in [-0.15, -0.1) is 12.6 Å². The Morgan fingerprint density at radius 3 is 2.05 bits per heavy atom. The number of ether oxygens (including phenoxy) is 3. The van der Waals surface area contributed by atoms with Gasteiger partial charge in [0.05, 0.1) is 17.7 Å². The lowest BCUT2D eigenvalue weighted by Crippen LogP contribution is -2.46. The number of benzene rings is 5. The monoisotopic (exact) mass is 825 g/mol. The van der Waals surface area contributed by atoms with Crippen LogP contribution in [-0.2, 0) is 28.7 Å². The molecule has 1 N–H and O–H groups in total. The Kier molecular flexibility index (Phi) is 14.8. The van der Waals surface area contributed by atoms with Gasteiger partial charge >= 0.3 is 12.1 Å². The van der Waals surface area contributed by atoms with E-state index in [1.807, 2.05) is 67.6 Å². The van der Waals surface area contributed by atoms with Gasteiger partial charge in [-0.05, 0) is 115 Å². The molecule has 0 aromatic heterocycles. The molecule has 1 fully saturated rings. The molecule has 1 amide bonds. The summed E-state index contributed by atoms with van der Waals surface area (Å²) >= 11 is 4.38. The Labute approximate surface area is 349 Å². The lowest BCUT2D eigenvalue weighted by atomic mass is 9.91. The fourth-order valence-corrected chi connectivity index (χ4v) is 7.25. The van der Waals surface area contributed by atoms with Crippen LogP contribution in [0.15, 0.2) is 120 Å². The molecule has 12 heteroatoms. The molecule has 0 saturated carbocycles. The molecule has 2 atom stereocenters. The number of nitrogens with one attached hydrogen (secondary N) is 1. The number of nitrogens with zero attached hydrogens (tertiary/aromatic N) is 2. The Hall–Kier alpha value is -5.62. The minimum atomic E-state index is -4.41. The van der Waals surface area contributed by atoms with Gasteiger partial charge in [0, 0.05) is 67.4 Å². The van der Waals surface area contributed by atoms with Gasteiger partial charge in [0.2, 0.25) is 6.41 Å². The van der Waals surface area contributed by atoms with Crippen molar-refractivity contribution in [2.24, 2.45) is 0 Å². The SMILES string of the molecule is CCOC(=O)c1ccc(N2CCN(c3cc(OCc4ccc(OC(CCNC=O)CCc5ccc(S)cc5)cc4)cc(C(C)c4ccc(C(F)(F)F)cc4)c3)CC2)cc1. The molecule has 0 radical (unpaired) electrons. The number of aryl methyl sites for hydroxylation is 1. The van der Waals surface area contributed by atoms with Gasteiger partial charge < -0.3 is 29.3 Å². The second-order valence-electron chi connectivity index (χ2n) is 14.6. The predicted octanol–water partition coefficient (Wildman–Crippen LogP) is 9.74. The summed E-state index contributed by atoms with van der Waals surface area (Å²) in [6.07, 6.45) is -1.55. The highest BCUT2D eigenvalue weighted by Gasteiger charge is 2.30. The summed E-state index contributed by atoms with van der Waals surface area (Å²) in [4.78, 5) is 28.5. The summed E-state index contributed by atoms with van der Waals surface area (Å²) in [7, 11) is 0. The second kappa shape index (κ2) is 20.4. The van der Waals surface area contributed by atoms with Crippen molar-refractivity contribution in [1.29, 1.82) is 0 Å². The first kappa shape index (κ1) is 43.0. The van der Waals surface area contributed by atoms with E-state index in [0.29, 0.717) is 43.9 Å². The highest BCUT2D eigenvalue weighted by Crippen LogP contribution is 2.35. The van der Waals surface area contributed by atoms with E-state index >= 15 is 0 Å². The molecule has 1 aliphatic rings. The van der Waals surface area contributed by atoms with Crippen LogP contribution in [0.2, 0.25) is 0 Å². The molecule has 59 heavy (non-hydrogen) atoms. The maximum Gasteiger partial charge on any atom is 0.416 e. The zero-order chi connectivity index (χ0) is 41.8. The number of carbonyl (C=O) groups excluding carboxylic acids is 2. The fraction of sp³-hybridized carbons (Fsp3) is 0.319. The van der Waals surface area contributed by atoms with Crippen LogP contribution >= 0.6 is 12.6 Å². The van der Waals surface area contributed by atoms with E-state index in [2.05, 4.69) is 45.9 Å². The van der Waals surface area contributed by atoms with Gasteiger partial charge in [0.1, 0.15) is 24.2 Å². The molecule has 8 nitrogen and oxygen atoms in total. The maximum atomic E-state index is 13.4. The van der Waals surface area contributed by atoms with Crippen molar-refractivity contribution in [1.82, 2.24) is 5.32 Å². The van der Waals surface area contributed by atoms with Crippen molar-refractivity contribution < 1.29 is 37.0 Å². The first-order valence-electron chi connectivity index (χ1n) is 19.9. The van der Waals surface area contributed by atoms with E-state index < -0.39 is 11.7 Å². The second-order valence-corrected chi connectivity index (χ2v) is 15.1. The number of amides is 1. The van der Waals surface area contributed by atoms with Crippen LogP contribution in [0.3, 0.4) is 0 Å². The first-order chi connectivity index (χ1) is 28.5. The van der Waals surface area contributed by atoms with Crippen LogP contribution in [0.1, 0.15) is 70.8 Å². The lowest BCUT2D eigenvalue weighted by molar-refractivity contribution is -0.137. The van der Waals surface area contributed by atoms with E-state index in [9.17, 15) is 22.8 Å². The minimum absolute atomic E-state index is 0.105. The molecule has 310 valence electrons. The molecule has 5 aromatic carbocycles. The van der Waals surface area contributed by atoms with Gasteiger partial charge in [0.25, 0.3) is 0 Å². The van der Waals surface area contributed by atoms with Gasteiger partial charge in [-0.25, -0.2) is 4.79 Å². The first-order valence-corrected chi connectivity index (χ1v) is 20.4. The number of carbonyl (C=O) groups is 2. The zero-order valence-corrected chi connectivity index (χ0v) is 34.2. The largest absolute Gasteiger partial charge is 0.490 e. The Bertz CT molecular complexity index is 2110. The average molecular weight is 826 g/mol. The molecule has 0 bridgehead atoms. The van der Waals surface area contributed by atoms with Crippen LogP contribution in [-0.4, -0.2) is 57.8 Å². The maximum absolute atomic E-state index is 13.4. The van der Waals surface area contributed by atoms with Crippen LogP contribution < -0.4 is 24.6 Å². The van der Waals surface area contributed by atoms with Crippen molar-refractivity contribution in [2.75, 3.05) is 49.1 Å². The lowest BCUT2D eigenvalue weighted by Gasteiger charge is -2.38. The van der Waals surface area contributed by atoms with Gasteiger partial charge in [0.15, 0.2) is 0 Å². The molecule has 2 unspecified atom stereocenters. The summed E-state index contributed by atoms with van der Waals surface area (Å²) < 4.78 is 58.0. The summed E-state index contributed by atoms with van der Waals surface area (Å²) in [6.45, 7) is 7.85. The Morgan fingerprint density at radius 2 is 1.42 bits per heavy atom. The van der Waals surface area contributed by atoms with E-state index in [1.54, 1.807) is 31.2 Å². The quantitative estimate of drug-likeness (QED) is 0.0394. The number of anilines is 2. The summed E-state index contributed by atoms with van der Waals surface area (Å²) in [6, 6.07) is 34.7. The number of alkyl halides is 3. The van der Waals surface area contributed by atoms with Crippen molar-refractivity contribution in [3.63, 3.8) is 0 Å². The summed E-state index contributed by atoms with van der Waals surface area (Å²) in [5.74, 6) is 0.834. The zero-order valence-electron chi connectivity index (χ0n) is 33.3. The molecule has 1 heterocycles. The highest BCUT2D eigenvalue weighted by molar-refractivity contribution is 7.80. The van der Waals surface area contributed by atoms with E-state index in [4.69, 9.17) is 14.2 Å². The molecule has 1 aliphatic heterocycles. The third kappa shape index (κ3) is 12.2. The molecule has 0 aliphatic carbocycles. The molecular weight excluding hydrogens is 776 g/mol. The number of halogens is 3. The van der Waals surface area contributed by atoms with Crippen LogP contribution in [0, 0.1) is 0 Å². The van der Waals surface area contributed by atoms with Crippen molar-refractivity contribution in [2.45, 2.75) is 62.8 Å². The van der Waals surface area contributed by atoms with Crippen LogP contribution in [0.5, 0.6) is 11.5 Å². The van der Waals surface area contributed by atoms with Crippen LogP contribution in [0.25, 0.3) is 0 Å². The summed E-state index contributed by atoms with van der Waals surface area (Å²) in [5, 5.41) is 2.73. The molecular formula is C47H50F3N3O5S. The Balaban J connectivity index is 1.14. The number of rotatable bonds is 18. The summed E-state index contributed by atoms with van der Waals surface area (Å²) in [5.41, 5.74) is 5.64. The number of esters is 1. The Morgan fingerprint density at radius 1 is 0.780 bits per heavy atom. The number of piperazine rings is 1. The van der Waals surface area contributed by atoms with Gasteiger partial charge in [-0.3, -0.25) is 4.79 Å². The van der Waals surface area contributed by atoms with Gasteiger partial charge in [-0.2, -0.15) is 13.2 Å². The molecule has 5 aromatic rings. The minimum Gasteiger partial charge on any atom is -0.490 e. The molecule has 1 saturated heterocycles. The average Bonchev–Trinajstić information content (AvgIpc) is 3.25. The molecule has 0 spiro atoms. The highest BCUT2D eigenvalue weighted by atomic mass is 32.1. The standard InChI is InChI=1S/C47H50F3N3O5S/c1-3-56-46(55)37-11-15-40(16-12-37)52-24-26-53(27-25-52)41-28-38(33(2)36-9-13-39(14-10-36)47(48,49)50)29-44(30-41)57-31-35-5-18-42(19-6-35)58-43(22-23-51-32-54)17-4-34-7-20-45(59)21-8-34/h5-16,18-21,28-30,32-33,43,59H,3-4,17,22-27,31H2,1-2H3,(H,51,54). The van der Waals surface area contributed by atoms with E-state index in [-0.39, 0.29) is 18.0 Å². The number of hydrogen-bond acceptors (Lipinski definition) is 8.